The highest BCUT2D eigenvalue weighted by Crippen LogP contribution is 2.28. The lowest BCUT2D eigenvalue weighted by molar-refractivity contribution is 0.475. The molecule has 3 N–H and O–H groups in total. The van der Waals surface area contributed by atoms with Crippen LogP contribution in [0.1, 0.15) is 5.56 Å². The first-order valence-electron chi connectivity index (χ1n) is 6.28. The third-order valence-electron chi connectivity index (χ3n) is 3.07. The molecule has 3 nitrogen and oxygen atoms in total. The Balaban J connectivity index is 1.83. The zero-order valence-electron chi connectivity index (χ0n) is 10.8. The second kappa shape index (κ2) is 5.43. The highest BCUT2D eigenvalue weighted by atomic mass is 32.2. The Kier molecular flexibility index (Phi) is 3.48. The Hall–Kier alpha value is -2.20. The molecule has 1 aromatic heterocycles. The predicted octanol–water partition coefficient (Wildman–Crippen LogP) is 3.81. The minimum atomic E-state index is 0.279. The van der Waals surface area contributed by atoms with Gasteiger partial charge in [-0.3, -0.25) is 0 Å². The lowest BCUT2D eigenvalue weighted by Crippen LogP contribution is -1.97. The lowest BCUT2D eigenvalue weighted by Gasteiger charge is -2.07. The van der Waals surface area contributed by atoms with Crippen LogP contribution in [0.4, 0.5) is 5.82 Å². The molecule has 3 aromatic rings. The van der Waals surface area contributed by atoms with Crippen molar-refractivity contribution >= 4 is 28.5 Å². The Morgan fingerprint density at radius 1 is 1.05 bits per heavy atom. The molecule has 0 fully saturated rings. The monoisotopic (exact) mass is 282 g/mol. The van der Waals surface area contributed by atoms with Crippen molar-refractivity contribution in [3.63, 3.8) is 0 Å². The van der Waals surface area contributed by atoms with E-state index in [9.17, 15) is 5.11 Å². The minimum absolute atomic E-state index is 0.279. The maximum absolute atomic E-state index is 9.27. The quantitative estimate of drug-likeness (QED) is 0.717. The van der Waals surface area contributed by atoms with Gasteiger partial charge in [0.2, 0.25) is 0 Å². The van der Waals surface area contributed by atoms with E-state index in [1.54, 1.807) is 23.9 Å². The molecule has 0 amide bonds. The number of para-hydroxylation sites is 1. The number of benzene rings is 2. The van der Waals surface area contributed by atoms with Crippen LogP contribution in [0, 0.1) is 0 Å². The van der Waals surface area contributed by atoms with Gasteiger partial charge < -0.3 is 10.8 Å². The molecule has 20 heavy (non-hydrogen) atoms. The number of thioether (sulfide) groups is 1. The minimum Gasteiger partial charge on any atom is -0.508 e. The zero-order chi connectivity index (χ0) is 13.9. The van der Waals surface area contributed by atoms with Crippen molar-refractivity contribution in [1.29, 1.82) is 0 Å². The fourth-order valence-electron chi connectivity index (χ4n) is 1.99. The summed E-state index contributed by atoms with van der Waals surface area (Å²) in [6, 6.07) is 17.2. The molecule has 100 valence electrons. The van der Waals surface area contributed by atoms with Crippen molar-refractivity contribution in [2.45, 2.75) is 10.6 Å². The van der Waals surface area contributed by atoms with Crippen molar-refractivity contribution in [3.8, 4) is 5.75 Å². The van der Waals surface area contributed by atoms with E-state index in [0.717, 1.165) is 27.1 Å². The number of nitrogens with zero attached hydrogens (tertiary/aromatic N) is 1. The molecular formula is C16H14N2OS. The van der Waals surface area contributed by atoms with Gasteiger partial charge in [-0.2, -0.15) is 0 Å². The lowest BCUT2D eigenvalue weighted by atomic mass is 10.1. The van der Waals surface area contributed by atoms with Crippen LogP contribution in [0.25, 0.3) is 10.9 Å². The van der Waals surface area contributed by atoms with Gasteiger partial charge in [0, 0.05) is 21.6 Å². The van der Waals surface area contributed by atoms with Gasteiger partial charge >= 0.3 is 0 Å². The van der Waals surface area contributed by atoms with Gasteiger partial charge in [0.05, 0.1) is 5.52 Å². The number of nitrogens with two attached hydrogens (primary N) is 1. The first kappa shape index (κ1) is 12.8. The fourth-order valence-corrected chi connectivity index (χ4v) is 2.88. The smallest absolute Gasteiger partial charge is 0.128 e. The molecule has 2 aromatic carbocycles. The molecule has 0 radical (unpaired) electrons. The molecule has 4 heteroatoms. The van der Waals surface area contributed by atoms with E-state index < -0.39 is 0 Å². The van der Waals surface area contributed by atoms with Crippen LogP contribution in [0.2, 0.25) is 0 Å². The largest absolute Gasteiger partial charge is 0.508 e. The standard InChI is InChI=1S/C16H14N2OS/c17-16-12(9-11-3-1-2-4-15(11)18-16)10-20-14-7-5-13(19)6-8-14/h1-9,19H,10H2,(H2,17,18). The maximum atomic E-state index is 9.27. The summed E-state index contributed by atoms with van der Waals surface area (Å²) in [6.45, 7) is 0. The van der Waals surface area contributed by atoms with Crippen molar-refractivity contribution in [1.82, 2.24) is 4.98 Å². The Labute approximate surface area is 121 Å². The Morgan fingerprint density at radius 2 is 1.80 bits per heavy atom. The van der Waals surface area contributed by atoms with Crippen LogP contribution in [0.3, 0.4) is 0 Å². The van der Waals surface area contributed by atoms with Crippen LogP contribution < -0.4 is 5.73 Å². The average molecular weight is 282 g/mol. The van der Waals surface area contributed by atoms with Crippen LogP contribution in [-0.4, -0.2) is 10.1 Å². The second-order valence-electron chi connectivity index (χ2n) is 4.51. The molecule has 0 spiro atoms. The van der Waals surface area contributed by atoms with Crippen LogP contribution in [0.15, 0.2) is 59.5 Å². The highest BCUT2D eigenvalue weighted by Gasteiger charge is 2.05. The molecule has 0 aliphatic carbocycles. The number of aromatic nitrogens is 1. The summed E-state index contributed by atoms with van der Waals surface area (Å²) in [5, 5.41) is 10.4. The average Bonchev–Trinajstić information content (AvgIpc) is 2.47. The number of pyridine rings is 1. The van der Waals surface area contributed by atoms with Gasteiger partial charge in [0.15, 0.2) is 0 Å². The number of fused-ring (bicyclic) bond motifs is 1. The fraction of sp³-hybridized carbons (Fsp3) is 0.0625. The van der Waals surface area contributed by atoms with Crippen LogP contribution in [-0.2, 0) is 5.75 Å². The van der Waals surface area contributed by atoms with Crippen molar-refractivity contribution in [2.24, 2.45) is 0 Å². The first-order chi connectivity index (χ1) is 9.72. The molecular weight excluding hydrogens is 268 g/mol. The van der Waals surface area contributed by atoms with E-state index >= 15 is 0 Å². The summed E-state index contributed by atoms with van der Waals surface area (Å²) in [7, 11) is 0. The van der Waals surface area contributed by atoms with Crippen LogP contribution in [0.5, 0.6) is 5.75 Å². The molecule has 3 rings (SSSR count). The molecule has 0 unspecified atom stereocenters. The van der Waals surface area contributed by atoms with E-state index in [4.69, 9.17) is 5.73 Å². The number of rotatable bonds is 3. The van der Waals surface area contributed by atoms with Gasteiger partial charge in [-0.25, -0.2) is 4.98 Å². The molecule has 0 saturated heterocycles. The van der Waals surface area contributed by atoms with E-state index in [2.05, 4.69) is 11.1 Å². The van der Waals surface area contributed by atoms with Gasteiger partial charge in [0.1, 0.15) is 11.6 Å². The summed E-state index contributed by atoms with van der Waals surface area (Å²) in [4.78, 5) is 5.52. The van der Waals surface area contributed by atoms with Crippen molar-refractivity contribution < 1.29 is 5.11 Å². The number of anilines is 1. The first-order valence-corrected chi connectivity index (χ1v) is 7.27. The third-order valence-corrected chi connectivity index (χ3v) is 4.13. The van der Waals surface area contributed by atoms with Crippen molar-refractivity contribution in [2.75, 3.05) is 5.73 Å². The summed E-state index contributed by atoms with van der Waals surface area (Å²) in [6.07, 6.45) is 0. The molecule has 0 aliphatic rings. The van der Waals surface area contributed by atoms with Gasteiger partial charge in [0.25, 0.3) is 0 Å². The number of aromatic hydroxyl groups is 1. The maximum Gasteiger partial charge on any atom is 0.128 e. The van der Waals surface area contributed by atoms with E-state index in [1.807, 2.05) is 36.4 Å². The predicted molar refractivity (Wildman–Crippen MR) is 83.8 cm³/mol. The molecule has 1 heterocycles. The number of nitrogen functional groups attached to an aromatic ring is 1. The van der Waals surface area contributed by atoms with E-state index in [0.29, 0.717) is 5.82 Å². The number of phenols is 1. The normalized spacial score (nSPS) is 10.8. The second-order valence-corrected chi connectivity index (χ2v) is 5.56. The molecule has 0 saturated carbocycles. The summed E-state index contributed by atoms with van der Waals surface area (Å²) in [5.74, 6) is 1.62. The molecule has 0 bridgehead atoms. The summed E-state index contributed by atoms with van der Waals surface area (Å²) in [5.41, 5.74) is 7.96. The topological polar surface area (TPSA) is 59.1 Å². The van der Waals surface area contributed by atoms with Gasteiger partial charge in [-0.05, 0) is 36.4 Å². The summed E-state index contributed by atoms with van der Waals surface area (Å²) >= 11 is 1.67. The zero-order valence-corrected chi connectivity index (χ0v) is 11.6. The number of hydrogen-bond donors (Lipinski definition) is 2. The van der Waals surface area contributed by atoms with E-state index in [1.165, 1.54) is 0 Å². The SMILES string of the molecule is Nc1nc2ccccc2cc1CSc1ccc(O)cc1. The van der Waals surface area contributed by atoms with E-state index in [-0.39, 0.29) is 5.75 Å². The molecule has 0 atom stereocenters. The number of hydrogen-bond acceptors (Lipinski definition) is 4. The van der Waals surface area contributed by atoms with Crippen molar-refractivity contribution in [3.05, 3.63) is 60.2 Å². The highest BCUT2D eigenvalue weighted by molar-refractivity contribution is 7.98. The Morgan fingerprint density at radius 3 is 2.60 bits per heavy atom. The van der Waals surface area contributed by atoms with Gasteiger partial charge in [-0.15, -0.1) is 11.8 Å². The molecule has 0 aliphatic heterocycles. The number of phenolic OH excluding ortho intramolecular Hbond substituents is 1. The third kappa shape index (κ3) is 2.70. The summed E-state index contributed by atoms with van der Waals surface area (Å²) < 4.78 is 0. The Bertz CT molecular complexity index is 741. The van der Waals surface area contributed by atoms with Crippen LogP contribution >= 0.6 is 11.8 Å². The van der Waals surface area contributed by atoms with Gasteiger partial charge in [-0.1, -0.05) is 18.2 Å².